The molecule has 2 rings (SSSR count). The van der Waals surface area contributed by atoms with Crippen LogP contribution in [-0.4, -0.2) is 9.78 Å². The molecular weight excluding hydrogens is 176 g/mol. The number of hydrogen-bond donors (Lipinski definition) is 0. The Morgan fingerprint density at radius 3 is 2.92 bits per heavy atom. The summed E-state index contributed by atoms with van der Waals surface area (Å²) >= 11 is 5.81. The highest BCUT2D eigenvalue weighted by Gasteiger charge is 2.06. The predicted octanol–water partition coefficient (Wildman–Crippen LogP) is 2.33. The van der Waals surface area contributed by atoms with E-state index in [9.17, 15) is 0 Å². The van der Waals surface area contributed by atoms with Crippen molar-refractivity contribution in [3.05, 3.63) is 29.6 Å². The van der Waals surface area contributed by atoms with Gasteiger partial charge < -0.3 is 4.42 Å². The first-order chi connectivity index (χ1) is 5.77. The first-order valence-corrected chi connectivity index (χ1v) is 3.88. The van der Waals surface area contributed by atoms with Crippen LogP contribution in [0, 0.1) is 0 Å². The average Bonchev–Trinajstić information content (AvgIpc) is 2.61. The van der Waals surface area contributed by atoms with Crippen molar-refractivity contribution >= 4 is 11.6 Å². The van der Waals surface area contributed by atoms with Crippen LogP contribution in [0.2, 0.25) is 5.15 Å². The molecule has 0 N–H and O–H groups in total. The van der Waals surface area contributed by atoms with Crippen molar-refractivity contribution in [1.82, 2.24) is 9.78 Å². The third-order valence-electron chi connectivity index (χ3n) is 1.60. The van der Waals surface area contributed by atoms with Gasteiger partial charge in [0, 0.05) is 13.1 Å². The van der Waals surface area contributed by atoms with E-state index in [0.717, 1.165) is 11.5 Å². The van der Waals surface area contributed by atoms with Crippen molar-refractivity contribution in [3.8, 4) is 11.5 Å². The number of nitrogens with zero attached hydrogens (tertiary/aromatic N) is 2. The van der Waals surface area contributed by atoms with E-state index in [1.807, 2.05) is 12.1 Å². The van der Waals surface area contributed by atoms with E-state index < -0.39 is 0 Å². The van der Waals surface area contributed by atoms with Crippen molar-refractivity contribution < 1.29 is 4.42 Å². The highest BCUT2D eigenvalue weighted by Crippen LogP contribution is 2.20. The fourth-order valence-corrected chi connectivity index (χ4v) is 1.13. The second-order valence-corrected chi connectivity index (χ2v) is 2.84. The first kappa shape index (κ1) is 7.43. The molecule has 0 aliphatic rings. The second kappa shape index (κ2) is 2.68. The van der Waals surface area contributed by atoms with Crippen LogP contribution >= 0.6 is 11.6 Å². The maximum Gasteiger partial charge on any atom is 0.154 e. The Morgan fingerprint density at radius 1 is 1.58 bits per heavy atom. The Bertz CT molecular complexity index is 358. The molecule has 62 valence electrons. The molecule has 12 heavy (non-hydrogen) atoms. The van der Waals surface area contributed by atoms with E-state index in [0.29, 0.717) is 5.15 Å². The first-order valence-electron chi connectivity index (χ1n) is 3.51. The summed E-state index contributed by atoms with van der Waals surface area (Å²) in [5.74, 6) is 0.734. The summed E-state index contributed by atoms with van der Waals surface area (Å²) in [7, 11) is 1.79. The molecular formula is C8H7ClN2O. The van der Waals surface area contributed by atoms with Crippen molar-refractivity contribution in [2.45, 2.75) is 0 Å². The summed E-state index contributed by atoms with van der Waals surface area (Å²) in [6.07, 6.45) is 1.61. The zero-order valence-corrected chi connectivity index (χ0v) is 7.25. The lowest BCUT2D eigenvalue weighted by molar-refractivity contribution is 0.578. The molecule has 3 nitrogen and oxygen atoms in total. The number of aromatic nitrogens is 2. The second-order valence-electron chi connectivity index (χ2n) is 2.45. The highest BCUT2D eigenvalue weighted by molar-refractivity contribution is 6.29. The van der Waals surface area contributed by atoms with Gasteiger partial charge in [-0.2, -0.15) is 5.10 Å². The van der Waals surface area contributed by atoms with Gasteiger partial charge in [0.15, 0.2) is 5.76 Å². The van der Waals surface area contributed by atoms with Crippen LogP contribution in [0.5, 0.6) is 0 Å². The molecule has 0 atom stereocenters. The largest absolute Gasteiger partial charge is 0.463 e. The van der Waals surface area contributed by atoms with Gasteiger partial charge in [0.05, 0.1) is 6.26 Å². The molecule has 0 aromatic carbocycles. The fourth-order valence-electron chi connectivity index (χ4n) is 0.989. The van der Waals surface area contributed by atoms with Crippen molar-refractivity contribution in [2.24, 2.45) is 7.05 Å². The Morgan fingerprint density at radius 2 is 2.42 bits per heavy atom. The van der Waals surface area contributed by atoms with Gasteiger partial charge in [-0.3, -0.25) is 4.68 Å². The van der Waals surface area contributed by atoms with Gasteiger partial charge in [-0.15, -0.1) is 0 Å². The van der Waals surface area contributed by atoms with E-state index in [-0.39, 0.29) is 0 Å². The minimum absolute atomic E-state index is 0.599. The molecule has 0 saturated carbocycles. The molecule has 0 aliphatic carbocycles. The van der Waals surface area contributed by atoms with E-state index in [1.54, 1.807) is 24.1 Å². The van der Waals surface area contributed by atoms with Gasteiger partial charge in [0.1, 0.15) is 10.8 Å². The van der Waals surface area contributed by atoms with Crippen LogP contribution in [0.3, 0.4) is 0 Å². The summed E-state index contributed by atoms with van der Waals surface area (Å²) in [6, 6.07) is 5.43. The summed E-state index contributed by atoms with van der Waals surface area (Å²) in [6.45, 7) is 0. The van der Waals surface area contributed by atoms with Crippen LogP contribution in [0.15, 0.2) is 28.9 Å². The van der Waals surface area contributed by atoms with Crippen LogP contribution < -0.4 is 0 Å². The van der Waals surface area contributed by atoms with Crippen LogP contribution in [-0.2, 0) is 7.05 Å². The minimum atomic E-state index is 0.599. The quantitative estimate of drug-likeness (QED) is 0.678. The Balaban J connectivity index is 2.48. The summed E-state index contributed by atoms with van der Waals surface area (Å²) < 4.78 is 6.75. The Kier molecular flexibility index (Phi) is 1.66. The molecule has 0 radical (unpaired) electrons. The van der Waals surface area contributed by atoms with E-state index in [4.69, 9.17) is 16.0 Å². The third-order valence-corrected chi connectivity index (χ3v) is 1.95. The van der Waals surface area contributed by atoms with Crippen molar-refractivity contribution in [2.75, 3.05) is 0 Å². The lowest BCUT2D eigenvalue weighted by atomic mass is 10.3. The molecule has 0 unspecified atom stereocenters. The van der Waals surface area contributed by atoms with E-state index >= 15 is 0 Å². The standard InChI is InChI=1S/C8H7ClN2O/c1-11-8(9)5-6(10-11)7-3-2-4-12-7/h2-5H,1H3. The SMILES string of the molecule is Cn1nc(-c2ccco2)cc1Cl. The van der Waals surface area contributed by atoms with Crippen LogP contribution in [0.1, 0.15) is 0 Å². The van der Waals surface area contributed by atoms with Crippen LogP contribution in [0.4, 0.5) is 0 Å². The Hall–Kier alpha value is -1.22. The number of rotatable bonds is 1. The maximum atomic E-state index is 5.81. The van der Waals surface area contributed by atoms with Gasteiger partial charge in [-0.25, -0.2) is 0 Å². The lowest BCUT2D eigenvalue weighted by Gasteiger charge is -1.87. The molecule has 2 aromatic rings. The highest BCUT2D eigenvalue weighted by atomic mass is 35.5. The number of furan rings is 1. The number of halogens is 1. The van der Waals surface area contributed by atoms with E-state index in [1.165, 1.54) is 0 Å². The maximum absolute atomic E-state index is 5.81. The Labute approximate surface area is 74.6 Å². The summed E-state index contributed by atoms with van der Waals surface area (Å²) in [4.78, 5) is 0. The monoisotopic (exact) mass is 182 g/mol. The van der Waals surface area contributed by atoms with Crippen LogP contribution in [0.25, 0.3) is 11.5 Å². The van der Waals surface area contributed by atoms with Gasteiger partial charge >= 0.3 is 0 Å². The smallest absolute Gasteiger partial charge is 0.154 e. The summed E-state index contributed by atoms with van der Waals surface area (Å²) in [5.41, 5.74) is 0.757. The van der Waals surface area contributed by atoms with Gasteiger partial charge in [0.25, 0.3) is 0 Å². The zero-order valence-electron chi connectivity index (χ0n) is 6.49. The van der Waals surface area contributed by atoms with E-state index in [2.05, 4.69) is 5.10 Å². The number of hydrogen-bond acceptors (Lipinski definition) is 2. The predicted molar refractivity (Wildman–Crippen MR) is 45.9 cm³/mol. The summed E-state index contributed by atoms with van der Waals surface area (Å²) in [5, 5.41) is 4.74. The van der Waals surface area contributed by atoms with Gasteiger partial charge in [0.2, 0.25) is 0 Å². The molecule has 4 heteroatoms. The minimum Gasteiger partial charge on any atom is -0.463 e. The molecule has 0 aliphatic heterocycles. The molecule has 2 heterocycles. The van der Waals surface area contributed by atoms with Gasteiger partial charge in [-0.05, 0) is 12.1 Å². The zero-order chi connectivity index (χ0) is 8.55. The number of aryl methyl sites for hydroxylation is 1. The molecule has 0 saturated heterocycles. The fraction of sp³-hybridized carbons (Fsp3) is 0.125. The molecule has 0 amide bonds. The normalized spacial score (nSPS) is 10.5. The van der Waals surface area contributed by atoms with Crippen molar-refractivity contribution in [3.63, 3.8) is 0 Å². The molecule has 0 spiro atoms. The average molecular weight is 183 g/mol. The molecule has 0 bridgehead atoms. The van der Waals surface area contributed by atoms with Crippen molar-refractivity contribution in [1.29, 1.82) is 0 Å². The van der Waals surface area contributed by atoms with Gasteiger partial charge in [-0.1, -0.05) is 11.6 Å². The topological polar surface area (TPSA) is 31.0 Å². The molecule has 2 aromatic heterocycles. The third kappa shape index (κ3) is 1.12. The lowest BCUT2D eigenvalue weighted by Crippen LogP contribution is -1.89. The molecule has 0 fully saturated rings.